The quantitative estimate of drug-likeness (QED) is 0.825. The van der Waals surface area contributed by atoms with E-state index in [1.54, 1.807) is 21.1 Å². The number of ether oxygens (including phenoxy) is 2. The second-order valence-electron chi connectivity index (χ2n) is 3.69. The van der Waals surface area contributed by atoms with Crippen molar-refractivity contribution in [3.63, 3.8) is 0 Å². The SMILES string of the molecule is COc1cc(C[C@H](C)O)c(OC)cc1C. The molecule has 0 fully saturated rings. The van der Waals surface area contributed by atoms with Gasteiger partial charge in [0.15, 0.2) is 0 Å². The van der Waals surface area contributed by atoms with E-state index >= 15 is 0 Å². The standard InChI is InChI=1S/C12H18O3/c1-8-5-12(15-4)10(6-9(2)13)7-11(8)14-3/h5,7,9,13H,6H2,1-4H3/t9-/m0/s1. The van der Waals surface area contributed by atoms with Crippen LogP contribution in [0.5, 0.6) is 11.5 Å². The lowest BCUT2D eigenvalue weighted by molar-refractivity contribution is 0.194. The summed E-state index contributed by atoms with van der Waals surface area (Å²) in [4.78, 5) is 0. The molecular weight excluding hydrogens is 192 g/mol. The first kappa shape index (κ1) is 11.9. The summed E-state index contributed by atoms with van der Waals surface area (Å²) in [6, 6.07) is 3.84. The Morgan fingerprint density at radius 3 is 2.27 bits per heavy atom. The molecule has 0 spiro atoms. The van der Waals surface area contributed by atoms with Gasteiger partial charge in [0.2, 0.25) is 0 Å². The minimum absolute atomic E-state index is 0.383. The summed E-state index contributed by atoms with van der Waals surface area (Å²) in [6.45, 7) is 3.72. The zero-order chi connectivity index (χ0) is 11.4. The number of rotatable bonds is 4. The summed E-state index contributed by atoms with van der Waals surface area (Å²) in [5, 5.41) is 9.36. The first-order valence-electron chi connectivity index (χ1n) is 4.98. The monoisotopic (exact) mass is 210 g/mol. The lowest BCUT2D eigenvalue weighted by Gasteiger charge is -2.13. The van der Waals surface area contributed by atoms with E-state index < -0.39 is 0 Å². The van der Waals surface area contributed by atoms with Gasteiger partial charge in [-0.15, -0.1) is 0 Å². The van der Waals surface area contributed by atoms with Crippen LogP contribution < -0.4 is 9.47 Å². The molecule has 0 saturated carbocycles. The molecule has 15 heavy (non-hydrogen) atoms. The van der Waals surface area contributed by atoms with Crippen molar-refractivity contribution in [2.75, 3.05) is 14.2 Å². The number of hydrogen-bond donors (Lipinski definition) is 1. The number of aliphatic hydroxyl groups excluding tert-OH is 1. The zero-order valence-corrected chi connectivity index (χ0v) is 9.70. The molecule has 84 valence electrons. The topological polar surface area (TPSA) is 38.7 Å². The van der Waals surface area contributed by atoms with E-state index in [1.807, 2.05) is 19.1 Å². The van der Waals surface area contributed by atoms with Crippen LogP contribution in [0.4, 0.5) is 0 Å². The summed E-state index contributed by atoms with van der Waals surface area (Å²) >= 11 is 0. The Morgan fingerprint density at radius 2 is 1.80 bits per heavy atom. The van der Waals surface area contributed by atoms with Crippen LogP contribution in [0.2, 0.25) is 0 Å². The number of hydrogen-bond acceptors (Lipinski definition) is 3. The van der Waals surface area contributed by atoms with Crippen LogP contribution in [0, 0.1) is 6.92 Å². The Balaban J connectivity index is 3.10. The average molecular weight is 210 g/mol. The van der Waals surface area contributed by atoms with Gasteiger partial charge in [0, 0.05) is 12.0 Å². The molecule has 0 aliphatic rings. The van der Waals surface area contributed by atoms with Gasteiger partial charge in [-0.05, 0) is 31.5 Å². The molecule has 0 radical (unpaired) electrons. The minimum atomic E-state index is -0.383. The predicted octanol–water partition coefficient (Wildman–Crippen LogP) is 1.94. The van der Waals surface area contributed by atoms with E-state index in [1.165, 1.54) is 0 Å². The fourth-order valence-electron chi connectivity index (χ4n) is 1.59. The van der Waals surface area contributed by atoms with Crippen molar-refractivity contribution in [2.24, 2.45) is 0 Å². The fourth-order valence-corrected chi connectivity index (χ4v) is 1.59. The van der Waals surface area contributed by atoms with E-state index in [4.69, 9.17) is 9.47 Å². The molecule has 1 aromatic carbocycles. The summed E-state index contributed by atoms with van der Waals surface area (Å²) in [5.41, 5.74) is 2.00. The molecule has 1 rings (SSSR count). The van der Waals surface area contributed by atoms with Crippen molar-refractivity contribution in [1.82, 2.24) is 0 Å². The van der Waals surface area contributed by atoms with Crippen molar-refractivity contribution in [3.8, 4) is 11.5 Å². The molecule has 1 N–H and O–H groups in total. The predicted molar refractivity (Wildman–Crippen MR) is 59.7 cm³/mol. The molecule has 0 saturated heterocycles. The van der Waals surface area contributed by atoms with Gasteiger partial charge in [-0.25, -0.2) is 0 Å². The lowest BCUT2D eigenvalue weighted by atomic mass is 10.0. The number of aliphatic hydroxyl groups is 1. The number of aryl methyl sites for hydroxylation is 1. The number of methoxy groups -OCH3 is 2. The van der Waals surface area contributed by atoms with Crippen molar-refractivity contribution in [1.29, 1.82) is 0 Å². The summed E-state index contributed by atoms with van der Waals surface area (Å²) in [6.07, 6.45) is 0.186. The highest BCUT2D eigenvalue weighted by atomic mass is 16.5. The van der Waals surface area contributed by atoms with Gasteiger partial charge in [-0.3, -0.25) is 0 Å². The molecule has 0 aromatic heterocycles. The van der Waals surface area contributed by atoms with Crippen LogP contribution in [0.15, 0.2) is 12.1 Å². The molecule has 1 atom stereocenters. The van der Waals surface area contributed by atoms with Gasteiger partial charge in [-0.1, -0.05) is 0 Å². The first-order chi connectivity index (χ1) is 7.08. The van der Waals surface area contributed by atoms with Gasteiger partial charge in [0.05, 0.1) is 20.3 Å². The molecule has 3 heteroatoms. The maximum Gasteiger partial charge on any atom is 0.122 e. The molecular formula is C12H18O3. The van der Waals surface area contributed by atoms with E-state index in [9.17, 15) is 5.11 Å². The van der Waals surface area contributed by atoms with E-state index in [0.717, 1.165) is 22.6 Å². The third-order valence-corrected chi connectivity index (χ3v) is 2.31. The number of benzene rings is 1. The minimum Gasteiger partial charge on any atom is -0.496 e. The highest BCUT2D eigenvalue weighted by Crippen LogP contribution is 2.28. The van der Waals surface area contributed by atoms with Crippen molar-refractivity contribution in [3.05, 3.63) is 23.3 Å². The lowest BCUT2D eigenvalue weighted by Crippen LogP contribution is -2.06. The Morgan fingerprint density at radius 1 is 1.20 bits per heavy atom. The van der Waals surface area contributed by atoms with Crippen molar-refractivity contribution in [2.45, 2.75) is 26.4 Å². The third-order valence-electron chi connectivity index (χ3n) is 2.31. The van der Waals surface area contributed by atoms with Gasteiger partial charge < -0.3 is 14.6 Å². The Hall–Kier alpha value is -1.22. The molecule has 0 aliphatic heterocycles. The molecule has 0 unspecified atom stereocenters. The van der Waals surface area contributed by atoms with Crippen LogP contribution in [-0.2, 0) is 6.42 Å². The van der Waals surface area contributed by atoms with Crippen LogP contribution in [0.1, 0.15) is 18.1 Å². The second kappa shape index (κ2) is 5.03. The Labute approximate surface area is 90.6 Å². The molecule has 0 bridgehead atoms. The highest BCUT2D eigenvalue weighted by Gasteiger charge is 2.10. The van der Waals surface area contributed by atoms with Crippen LogP contribution in [0.25, 0.3) is 0 Å². The second-order valence-corrected chi connectivity index (χ2v) is 3.69. The van der Waals surface area contributed by atoms with E-state index in [0.29, 0.717) is 6.42 Å². The molecule has 1 aromatic rings. The smallest absolute Gasteiger partial charge is 0.122 e. The normalized spacial score (nSPS) is 12.3. The average Bonchev–Trinajstić information content (AvgIpc) is 2.19. The van der Waals surface area contributed by atoms with E-state index in [-0.39, 0.29) is 6.10 Å². The van der Waals surface area contributed by atoms with Crippen molar-refractivity contribution < 1.29 is 14.6 Å². The maximum absolute atomic E-state index is 9.36. The van der Waals surface area contributed by atoms with Crippen LogP contribution >= 0.6 is 0 Å². The van der Waals surface area contributed by atoms with Gasteiger partial charge in [0.1, 0.15) is 11.5 Å². The van der Waals surface area contributed by atoms with Crippen molar-refractivity contribution >= 4 is 0 Å². The Kier molecular flexibility index (Phi) is 3.97. The van der Waals surface area contributed by atoms with E-state index in [2.05, 4.69) is 0 Å². The molecule has 3 nitrogen and oxygen atoms in total. The van der Waals surface area contributed by atoms with Crippen LogP contribution in [0.3, 0.4) is 0 Å². The summed E-state index contributed by atoms with van der Waals surface area (Å²) < 4.78 is 10.5. The highest BCUT2D eigenvalue weighted by molar-refractivity contribution is 5.46. The maximum atomic E-state index is 9.36. The summed E-state index contributed by atoms with van der Waals surface area (Å²) in [7, 11) is 3.27. The van der Waals surface area contributed by atoms with Crippen LogP contribution in [-0.4, -0.2) is 25.4 Å². The molecule has 0 heterocycles. The largest absolute Gasteiger partial charge is 0.496 e. The van der Waals surface area contributed by atoms with Gasteiger partial charge >= 0.3 is 0 Å². The van der Waals surface area contributed by atoms with Gasteiger partial charge in [-0.2, -0.15) is 0 Å². The Bertz CT molecular complexity index is 332. The third kappa shape index (κ3) is 2.86. The fraction of sp³-hybridized carbons (Fsp3) is 0.500. The van der Waals surface area contributed by atoms with Gasteiger partial charge in [0.25, 0.3) is 0 Å². The molecule has 0 aliphatic carbocycles. The molecule has 0 amide bonds. The zero-order valence-electron chi connectivity index (χ0n) is 9.70. The first-order valence-corrected chi connectivity index (χ1v) is 4.98. The summed E-state index contributed by atoms with van der Waals surface area (Å²) in [5.74, 6) is 1.63.